The monoisotopic (exact) mass is 271 g/mol. The van der Waals surface area contributed by atoms with E-state index in [-0.39, 0.29) is 0 Å². The Hall–Kier alpha value is -2.00. The molecule has 0 aliphatic heterocycles. The SMILES string of the molecule is COc1cccc(CCNCCc2ccc(O)cc2)c1. The van der Waals surface area contributed by atoms with E-state index >= 15 is 0 Å². The molecule has 2 aromatic rings. The molecular formula is C17H21NO2. The Morgan fingerprint density at radius 1 is 0.950 bits per heavy atom. The Morgan fingerprint density at radius 2 is 1.65 bits per heavy atom. The summed E-state index contributed by atoms with van der Waals surface area (Å²) < 4.78 is 5.21. The molecule has 0 radical (unpaired) electrons. The van der Waals surface area contributed by atoms with Gasteiger partial charge in [-0.25, -0.2) is 0 Å². The number of phenolic OH excluding ortho intramolecular Hbond substituents is 1. The Balaban J connectivity index is 1.67. The van der Waals surface area contributed by atoms with Crippen LogP contribution in [-0.4, -0.2) is 25.3 Å². The lowest BCUT2D eigenvalue weighted by atomic mass is 10.1. The summed E-state index contributed by atoms with van der Waals surface area (Å²) in [5.41, 5.74) is 2.51. The fourth-order valence-electron chi connectivity index (χ4n) is 2.08. The first kappa shape index (κ1) is 14.4. The van der Waals surface area contributed by atoms with Gasteiger partial charge in [-0.3, -0.25) is 0 Å². The fourth-order valence-corrected chi connectivity index (χ4v) is 2.08. The van der Waals surface area contributed by atoms with Gasteiger partial charge < -0.3 is 15.2 Å². The lowest BCUT2D eigenvalue weighted by molar-refractivity contribution is 0.414. The van der Waals surface area contributed by atoms with E-state index in [1.54, 1.807) is 19.2 Å². The lowest BCUT2D eigenvalue weighted by Gasteiger charge is -2.07. The molecule has 20 heavy (non-hydrogen) atoms. The molecule has 0 saturated heterocycles. The summed E-state index contributed by atoms with van der Waals surface area (Å²) in [6, 6.07) is 15.5. The lowest BCUT2D eigenvalue weighted by Crippen LogP contribution is -2.20. The first-order valence-corrected chi connectivity index (χ1v) is 6.89. The highest BCUT2D eigenvalue weighted by Gasteiger charge is 1.97. The topological polar surface area (TPSA) is 41.5 Å². The number of phenols is 1. The van der Waals surface area contributed by atoms with E-state index in [4.69, 9.17) is 4.74 Å². The van der Waals surface area contributed by atoms with Gasteiger partial charge in [0.2, 0.25) is 0 Å². The zero-order chi connectivity index (χ0) is 14.2. The molecular weight excluding hydrogens is 250 g/mol. The number of benzene rings is 2. The Kier molecular flexibility index (Phi) is 5.44. The van der Waals surface area contributed by atoms with E-state index in [1.807, 2.05) is 24.3 Å². The largest absolute Gasteiger partial charge is 0.508 e. The molecule has 0 bridgehead atoms. The smallest absolute Gasteiger partial charge is 0.119 e. The minimum absolute atomic E-state index is 0.319. The molecule has 0 atom stereocenters. The van der Waals surface area contributed by atoms with Gasteiger partial charge in [-0.05, 0) is 61.3 Å². The van der Waals surface area contributed by atoms with Crippen molar-refractivity contribution >= 4 is 0 Å². The van der Waals surface area contributed by atoms with Crippen LogP contribution in [0.5, 0.6) is 11.5 Å². The van der Waals surface area contributed by atoms with E-state index in [9.17, 15) is 5.11 Å². The van der Waals surface area contributed by atoms with Gasteiger partial charge in [0.1, 0.15) is 11.5 Å². The van der Waals surface area contributed by atoms with Gasteiger partial charge in [-0.15, -0.1) is 0 Å². The van der Waals surface area contributed by atoms with Gasteiger partial charge in [0.25, 0.3) is 0 Å². The zero-order valence-corrected chi connectivity index (χ0v) is 11.8. The first-order valence-electron chi connectivity index (χ1n) is 6.89. The molecule has 3 nitrogen and oxygen atoms in total. The molecule has 0 aliphatic rings. The van der Waals surface area contributed by atoms with Crippen LogP contribution in [0.25, 0.3) is 0 Å². The quantitative estimate of drug-likeness (QED) is 0.761. The van der Waals surface area contributed by atoms with E-state index in [2.05, 4.69) is 17.4 Å². The summed E-state index contributed by atoms with van der Waals surface area (Å²) in [5, 5.41) is 12.6. The summed E-state index contributed by atoms with van der Waals surface area (Å²) in [7, 11) is 1.69. The van der Waals surface area contributed by atoms with Gasteiger partial charge in [-0.2, -0.15) is 0 Å². The number of rotatable bonds is 7. The number of aromatic hydroxyl groups is 1. The molecule has 3 heteroatoms. The highest BCUT2D eigenvalue weighted by atomic mass is 16.5. The third-order valence-corrected chi connectivity index (χ3v) is 3.25. The van der Waals surface area contributed by atoms with Crippen LogP contribution in [0.1, 0.15) is 11.1 Å². The van der Waals surface area contributed by atoms with Crippen molar-refractivity contribution in [2.24, 2.45) is 0 Å². The summed E-state index contributed by atoms with van der Waals surface area (Å²) in [4.78, 5) is 0. The number of hydrogen-bond acceptors (Lipinski definition) is 3. The molecule has 2 rings (SSSR count). The number of hydrogen-bond donors (Lipinski definition) is 2. The number of ether oxygens (including phenoxy) is 1. The van der Waals surface area contributed by atoms with Gasteiger partial charge in [0.15, 0.2) is 0 Å². The van der Waals surface area contributed by atoms with Crippen LogP contribution in [0.15, 0.2) is 48.5 Å². The third-order valence-electron chi connectivity index (χ3n) is 3.25. The molecule has 0 fully saturated rings. The molecule has 0 aliphatic carbocycles. The van der Waals surface area contributed by atoms with Gasteiger partial charge in [0.05, 0.1) is 7.11 Å². The van der Waals surface area contributed by atoms with E-state index in [0.717, 1.165) is 31.7 Å². The minimum Gasteiger partial charge on any atom is -0.508 e. The van der Waals surface area contributed by atoms with Crippen molar-refractivity contribution in [1.29, 1.82) is 0 Å². The highest BCUT2D eigenvalue weighted by molar-refractivity contribution is 5.28. The molecule has 0 amide bonds. The summed E-state index contributed by atoms with van der Waals surface area (Å²) in [6.07, 6.45) is 1.96. The molecule has 0 aromatic heterocycles. The number of nitrogens with one attached hydrogen (secondary N) is 1. The zero-order valence-electron chi connectivity index (χ0n) is 11.8. The minimum atomic E-state index is 0.319. The first-order chi connectivity index (χ1) is 9.78. The van der Waals surface area contributed by atoms with E-state index < -0.39 is 0 Å². The second-order valence-corrected chi connectivity index (χ2v) is 4.77. The predicted octanol–water partition coefficient (Wildman–Crippen LogP) is 2.78. The van der Waals surface area contributed by atoms with Crippen LogP contribution < -0.4 is 10.1 Å². The molecule has 0 unspecified atom stereocenters. The van der Waals surface area contributed by atoms with Crippen LogP contribution in [-0.2, 0) is 12.8 Å². The molecule has 2 N–H and O–H groups in total. The van der Waals surface area contributed by atoms with Crippen molar-refractivity contribution in [2.75, 3.05) is 20.2 Å². The van der Waals surface area contributed by atoms with Crippen LogP contribution in [0.2, 0.25) is 0 Å². The average Bonchev–Trinajstić information content (AvgIpc) is 2.49. The predicted molar refractivity (Wildman–Crippen MR) is 81.4 cm³/mol. The van der Waals surface area contributed by atoms with Gasteiger partial charge in [0, 0.05) is 0 Å². The maximum atomic E-state index is 9.21. The van der Waals surface area contributed by atoms with E-state index in [0.29, 0.717) is 5.75 Å². The van der Waals surface area contributed by atoms with Crippen molar-refractivity contribution < 1.29 is 9.84 Å². The highest BCUT2D eigenvalue weighted by Crippen LogP contribution is 2.12. The number of methoxy groups -OCH3 is 1. The second kappa shape index (κ2) is 7.56. The third kappa shape index (κ3) is 4.59. The van der Waals surface area contributed by atoms with Crippen molar-refractivity contribution in [3.05, 3.63) is 59.7 Å². The normalized spacial score (nSPS) is 10.4. The van der Waals surface area contributed by atoms with Crippen LogP contribution in [0.4, 0.5) is 0 Å². The van der Waals surface area contributed by atoms with E-state index in [1.165, 1.54) is 11.1 Å². The molecule has 0 saturated carbocycles. The Bertz CT molecular complexity index is 523. The average molecular weight is 271 g/mol. The van der Waals surface area contributed by atoms with Crippen molar-refractivity contribution in [1.82, 2.24) is 5.32 Å². The summed E-state index contributed by atoms with van der Waals surface area (Å²) in [6.45, 7) is 1.89. The molecule has 0 heterocycles. The van der Waals surface area contributed by atoms with Crippen LogP contribution in [0, 0.1) is 0 Å². The Labute approximate surface area is 120 Å². The molecule has 106 valence electrons. The standard InChI is InChI=1S/C17H21NO2/c1-20-17-4-2-3-15(13-17)10-12-18-11-9-14-5-7-16(19)8-6-14/h2-8,13,18-19H,9-12H2,1H3. The van der Waals surface area contributed by atoms with Crippen LogP contribution >= 0.6 is 0 Å². The van der Waals surface area contributed by atoms with Gasteiger partial charge in [-0.1, -0.05) is 24.3 Å². The van der Waals surface area contributed by atoms with Gasteiger partial charge >= 0.3 is 0 Å². The molecule has 2 aromatic carbocycles. The fraction of sp³-hybridized carbons (Fsp3) is 0.294. The van der Waals surface area contributed by atoms with Crippen LogP contribution in [0.3, 0.4) is 0 Å². The van der Waals surface area contributed by atoms with Crippen molar-refractivity contribution in [2.45, 2.75) is 12.8 Å². The molecule has 0 spiro atoms. The van der Waals surface area contributed by atoms with Crippen molar-refractivity contribution in [3.8, 4) is 11.5 Å². The second-order valence-electron chi connectivity index (χ2n) is 4.77. The summed E-state index contributed by atoms with van der Waals surface area (Å²) in [5.74, 6) is 1.23. The van der Waals surface area contributed by atoms with Crippen molar-refractivity contribution in [3.63, 3.8) is 0 Å². The Morgan fingerprint density at radius 3 is 2.35 bits per heavy atom. The summed E-state index contributed by atoms with van der Waals surface area (Å²) >= 11 is 0. The maximum Gasteiger partial charge on any atom is 0.119 e. The maximum absolute atomic E-state index is 9.21.